The highest BCUT2D eigenvalue weighted by Gasteiger charge is 2.17. The van der Waals surface area contributed by atoms with Gasteiger partial charge in [-0.15, -0.1) is 0 Å². The first-order valence-electron chi connectivity index (χ1n) is 9.79. The third kappa shape index (κ3) is 3.59. The Bertz CT molecular complexity index is 1290. The molecule has 4 aromatic rings. The van der Waals surface area contributed by atoms with E-state index in [1.165, 1.54) is 4.68 Å². The van der Waals surface area contributed by atoms with Crippen LogP contribution in [0.15, 0.2) is 53.5 Å². The van der Waals surface area contributed by atoms with Crippen LogP contribution in [0.3, 0.4) is 0 Å². The van der Waals surface area contributed by atoms with E-state index in [2.05, 4.69) is 20.5 Å². The van der Waals surface area contributed by atoms with E-state index < -0.39 is 5.91 Å². The SMILES string of the molecule is CCCn1nc(C(=O)Nc2ccc(-n3nc(C)cc3C)nc2)c2ccccc2c1=O. The largest absolute Gasteiger partial charge is 0.319 e. The van der Waals surface area contributed by atoms with Gasteiger partial charge < -0.3 is 5.32 Å². The number of hydrogen-bond acceptors (Lipinski definition) is 5. The maximum Gasteiger partial charge on any atom is 0.276 e. The van der Waals surface area contributed by atoms with Crippen molar-refractivity contribution in [3.63, 3.8) is 0 Å². The molecule has 0 radical (unpaired) electrons. The summed E-state index contributed by atoms with van der Waals surface area (Å²) in [5.41, 5.74) is 2.43. The van der Waals surface area contributed by atoms with Crippen molar-refractivity contribution in [2.75, 3.05) is 5.32 Å². The summed E-state index contributed by atoms with van der Waals surface area (Å²) in [6, 6.07) is 12.5. The highest BCUT2D eigenvalue weighted by Crippen LogP contribution is 2.17. The minimum absolute atomic E-state index is 0.195. The molecule has 4 rings (SSSR count). The Balaban J connectivity index is 1.66. The Labute approximate surface area is 173 Å². The molecule has 3 heterocycles. The fourth-order valence-corrected chi connectivity index (χ4v) is 3.40. The van der Waals surface area contributed by atoms with E-state index in [0.717, 1.165) is 17.8 Å². The molecule has 0 spiro atoms. The zero-order chi connectivity index (χ0) is 21.3. The van der Waals surface area contributed by atoms with Crippen molar-refractivity contribution in [3.8, 4) is 5.82 Å². The molecule has 0 saturated carbocycles. The lowest BCUT2D eigenvalue weighted by atomic mass is 10.1. The molecule has 1 amide bonds. The first kappa shape index (κ1) is 19.5. The van der Waals surface area contributed by atoms with Crippen LogP contribution >= 0.6 is 0 Å². The molecule has 3 aromatic heterocycles. The van der Waals surface area contributed by atoms with Crippen LogP contribution in [0.1, 0.15) is 35.2 Å². The number of rotatable bonds is 5. The van der Waals surface area contributed by atoms with Gasteiger partial charge in [0.05, 0.1) is 23.0 Å². The zero-order valence-corrected chi connectivity index (χ0v) is 17.1. The summed E-state index contributed by atoms with van der Waals surface area (Å²) in [6.45, 7) is 6.29. The van der Waals surface area contributed by atoms with E-state index in [1.54, 1.807) is 47.3 Å². The normalized spacial score (nSPS) is 11.0. The van der Waals surface area contributed by atoms with E-state index in [4.69, 9.17) is 0 Å². The topological polar surface area (TPSA) is 94.7 Å². The van der Waals surface area contributed by atoms with Gasteiger partial charge in [-0.3, -0.25) is 9.59 Å². The fraction of sp³-hybridized carbons (Fsp3) is 0.227. The second-order valence-corrected chi connectivity index (χ2v) is 7.12. The smallest absolute Gasteiger partial charge is 0.276 e. The number of aromatic nitrogens is 5. The van der Waals surface area contributed by atoms with Gasteiger partial charge in [0.1, 0.15) is 0 Å². The third-order valence-corrected chi connectivity index (χ3v) is 4.75. The van der Waals surface area contributed by atoms with E-state index >= 15 is 0 Å². The Morgan fingerprint density at radius 2 is 1.83 bits per heavy atom. The van der Waals surface area contributed by atoms with Crippen molar-refractivity contribution < 1.29 is 4.79 Å². The van der Waals surface area contributed by atoms with Gasteiger partial charge in [0.25, 0.3) is 11.5 Å². The van der Waals surface area contributed by atoms with Crippen LogP contribution in [0, 0.1) is 13.8 Å². The van der Waals surface area contributed by atoms with Gasteiger partial charge in [-0.25, -0.2) is 14.3 Å². The van der Waals surface area contributed by atoms with Crippen LogP contribution in [0.5, 0.6) is 0 Å². The minimum Gasteiger partial charge on any atom is -0.319 e. The lowest BCUT2D eigenvalue weighted by Crippen LogP contribution is -2.27. The average molecular weight is 402 g/mol. The number of aryl methyl sites for hydroxylation is 3. The molecule has 30 heavy (non-hydrogen) atoms. The highest BCUT2D eigenvalue weighted by molar-refractivity contribution is 6.11. The van der Waals surface area contributed by atoms with E-state index in [-0.39, 0.29) is 11.3 Å². The number of nitrogens with one attached hydrogen (secondary N) is 1. The van der Waals surface area contributed by atoms with Crippen LogP contribution in [-0.4, -0.2) is 30.5 Å². The average Bonchev–Trinajstić information content (AvgIpc) is 3.08. The Hall–Kier alpha value is -3.81. The molecule has 1 aromatic carbocycles. The second kappa shape index (κ2) is 7.90. The van der Waals surface area contributed by atoms with Crippen LogP contribution in [-0.2, 0) is 6.54 Å². The van der Waals surface area contributed by atoms with Crippen LogP contribution in [0.25, 0.3) is 16.6 Å². The summed E-state index contributed by atoms with van der Waals surface area (Å²) in [4.78, 5) is 30.0. The van der Waals surface area contributed by atoms with Gasteiger partial charge in [-0.1, -0.05) is 25.1 Å². The number of amides is 1. The molecule has 152 valence electrons. The molecule has 8 heteroatoms. The maximum absolute atomic E-state index is 13.0. The summed E-state index contributed by atoms with van der Waals surface area (Å²) in [5, 5.41) is 12.6. The molecular weight excluding hydrogens is 380 g/mol. The van der Waals surface area contributed by atoms with Gasteiger partial charge in [0, 0.05) is 17.6 Å². The molecule has 0 bridgehead atoms. The first-order chi connectivity index (χ1) is 14.5. The van der Waals surface area contributed by atoms with Gasteiger partial charge in [0.2, 0.25) is 0 Å². The fourth-order valence-electron chi connectivity index (χ4n) is 3.40. The molecule has 0 saturated heterocycles. The quantitative estimate of drug-likeness (QED) is 0.553. The molecule has 1 N–H and O–H groups in total. The Morgan fingerprint density at radius 3 is 2.47 bits per heavy atom. The molecule has 0 unspecified atom stereocenters. The van der Waals surface area contributed by atoms with Crippen molar-refractivity contribution in [2.24, 2.45) is 0 Å². The van der Waals surface area contributed by atoms with Crippen molar-refractivity contribution in [1.29, 1.82) is 0 Å². The summed E-state index contributed by atoms with van der Waals surface area (Å²) >= 11 is 0. The number of hydrogen-bond donors (Lipinski definition) is 1. The number of pyridine rings is 1. The minimum atomic E-state index is -0.392. The molecule has 0 aliphatic carbocycles. The maximum atomic E-state index is 13.0. The Morgan fingerprint density at radius 1 is 1.07 bits per heavy atom. The van der Waals surface area contributed by atoms with E-state index in [0.29, 0.717) is 28.8 Å². The summed E-state index contributed by atoms with van der Waals surface area (Å²) in [5.74, 6) is 0.274. The predicted octanol–water partition coefficient (Wildman–Crippen LogP) is 3.26. The van der Waals surface area contributed by atoms with Gasteiger partial charge in [-0.2, -0.15) is 10.2 Å². The number of carbonyl (C=O) groups excluding carboxylic acids is 1. The summed E-state index contributed by atoms with van der Waals surface area (Å²) < 4.78 is 3.10. The molecule has 0 aliphatic rings. The third-order valence-electron chi connectivity index (χ3n) is 4.75. The van der Waals surface area contributed by atoms with Crippen molar-refractivity contribution in [1.82, 2.24) is 24.5 Å². The van der Waals surface area contributed by atoms with Crippen LogP contribution in [0.4, 0.5) is 5.69 Å². The Kier molecular flexibility index (Phi) is 5.14. The molecule has 8 nitrogen and oxygen atoms in total. The summed E-state index contributed by atoms with van der Waals surface area (Å²) in [7, 11) is 0. The number of carbonyl (C=O) groups is 1. The first-order valence-corrected chi connectivity index (χ1v) is 9.79. The predicted molar refractivity (Wildman–Crippen MR) is 115 cm³/mol. The van der Waals surface area contributed by atoms with E-state index in [9.17, 15) is 9.59 Å². The standard InChI is InChI=1S/C22H22N6O2/c1-4-11-27-22(30)18-8-6-5-7-17(18)20(26-27)21(29)24-16-9-10-19(23-13-16)28-15(3)12-14(2)25-28/h5-10,12-13H,4,11H2,1-3H3,(H,24,29). The summed E-state index contributed by atoms with van der Waals surface area (Å²) in [6.07, 6.45) is 2.32. The number of fused-ring (bicyclic) bond motifs is 1. The monoisotopic (exact) mass is 402 g/mol. The van der Waals surface area contributed by atoms with Gasteiger partial charge in [-0.05, 0) is 44.5 Å². The molecular formula is C22H22N6O2. The van der Waals surface area contributed by atoms with Gasteiger partial charge >= 0.3 is 0 Å². The number of benzene rings is 1. The highest BCUT2D eigenvalue weighted by atomic mass is 16.2. The molecule has 0 aliphatic heterocycles. The zero-order valence-electron chi connectivity index (χ0n) is 17.1. The van der Waals surface area contributed by atoms with Crippen LogP contribution in [0.2, 0.25) is 0 Å². The lowest BCUT2D eigenvalue weighted by Gasteiger charge is -2.11. The number of nitrogens with zero attached hydrogens (tertiary/aromatic N) is 5. The lowest BCUT2D eigenvalue weighted by molar-refractivity contribution is 0.102. The van der Waals surface area contributed by atoms with Crippen molar-refractivity contribution in [2.45, 2.75) is 33.7 Å². The second-order valence-electron chi connectivity index (χ2n) is 7.12. The van der Waals surface area contributed by atoms with Gasteiger partial charge in [0.15, 0.2) is 11.5 Å². The molecule has 0 fully saturated rings. The van der Waals surface area contributed by atoms with Crippen LogP contribution < -0.4 is 10.9 Å². The van der Waals surface area contributed by atoms with Crippen molar-refractivity contribution in [3.05, 3.63) is 76.1 Å². The van der Waals surface area contributed by atoms with E-state index in [1.807, 2.05) is 26.8 Å². The van der Waals surface area contributed by atoms with Crippen molar-refractivity contribution >= 4 is 22.4 Å². The number of anilines is 1. The molecule has 0 atom stereocenters.